The van der Waals surface area contributed by atoms with Gasteiger partial charge in [0.2, 0.25) is 0 Å². The van der Waals surface area contributed by atoms with E-state index in [9.17, 15) is 49.6 Å². The van der Waals surface area contributed by atoms with Crippen LogP contribution in [0.1, 0.15) is 40.0 Å². The van der Waals surface area contributed by atoms with Crippen molar-refractivity contribution < 1.29 is 67.7 Å². The van der Waals surface area contributed by atoms with Crippen LogP contribution in [0.15, 0.2) is 24.3 Å². The summed E-state index contributed by atoms with van der Waals surface area (Å²) in [6, 6.07) is 1.86. The first-order valence-electron chi connectivity index (χ1n) is 15.4. The number of carbonyl (C=O) groups is 4. The van der Waals surface area contributed by atoms with Crippen LogP contribution in [0, 0.1) is 20.2 Å². The number of aliphatic hydroxyl groups excluding tert-OH is 2. The van der Waals surface area contributed by atoms with Crippen molar-refractivity contribution in [2.75, 3.05) is 54.7 Å². The number of rotatable bonds is 14. The molecule has 2 saturated heterocycles. The summed E-state index contributed by atoms with van der Waals surface area (Å²) in [4.78, 5) is 75.4. The number of methoxy groups -OCH3 is 4. The number of ether oxygens (including phenoxy) is 6. The Morgan fingerprint density at radius 1 is 0.686 bits per heavy atom. The number of amides is 2. The third-order valence-corrected chi connectivity index (χ3v) is 8.25. The fourth-order valence-corrected chi connectivity index (χ4v) is 5.82. The van der Waals surface area contributed by atoms with E-state index in [-0.39, 0.29) is 68.6 Å². The first-order chi connectivity index (χ1) is 24.3. The molecule has 0 bridgehead atoms. The number of hydrogen-bond acceptors (Lipinski definition) is 16. The van der Waals surface area contributed by atoms with Crippen LogP contribution in [0.4, 0.5) is 11.4 Å². The summed E-state index contributed by atoms with van der Waals surface area (Å²) in [5, 5.41) is 44.1. The number of carbonyl (C=O) groups excluding carboxylic acids is 4. The average molecular weight is 721 g/mol. The summed E-state index contributed by atoms with van der Waals surface area (Å²) in [6.07, 6.45) is -2.17. The minimum atomic E-state index is -1.14. The zero-order chi connectivity index (χ0) is 37.6. The van der Waals surface area contributed by atoms with Crippen molar-refractivity contribution in [3.05, 3.63) is 55.6 Å². The van der Waals surface area contributed by atoms with Gasteiger partial charge in [-0.1, -0.05) is 0 Å². The molecule has 0 saturated carbocycles. The van der Waals surface area contributed by atoms with Crippen LogP contribution in [0.3, 0.4) is 0 Å². The van der Waals surface area contributed by atoms with E-state index in [1.54, 1.807) is 0 Å². The van der Waals surface area contributed by atoms with Crippen molar-refractivity contribution >= 4 is 35.1 Å². The van der Waals surface area contributed by atoms with E-state index in [2.05, 4.69) is 0 Å². The van der Waals surface area contributed by atoms with Gasteiger partial charge in [-0.25, -0.2) is 9.59 Å². The predicted molar refractivity (Wildman–Crippen MR) is 170 cm³/mol. The molecular weight excluding hydrogens is 684 g/mol. The summed E-state index contributed by atoms with van der Waals surface area (Å²) in [5.74, 6) is -3.66. The van der Waals surface area contributed by atoms with Gasteiger partial charge in [-0.15, -0.1) is 0 Å². The highest BCUT2D eigenvalue weighted by Crippen LogP contribution is 2.38. The monoisotopic (exact) mass is 720 g/mol. The van der Waals surface area contributed by atoms with Crippen LogP contribution in [0.25, 0.3) is 0 Å². The Balaban J connectivity index is 1.47. The molecule has 276 valence electrons. The lowest BCUT2D eigenvalue weighted by Crippen LogP contribution is -2.41. The topological polar surface area (TPSA) is 257 Å². The molecule has 2 amide bonds. The number of β-amino-alcohol motifs (C(OH)–C–C–N with tert-alkyl or cyclic N) is 2. The van der Waals surface area contributed by atoms with Crippen molar-refractivity contribution in [2.45, 2.75) is 43.6 Å². The lowest BCUT2D eigenvalue weighted by molar-refractivity contribution is -0.385. The molecule has 51 heavy (non-hydrogen) atoms. The van der Waals surface area contributed by atoms with Crippen molar-refractivity contribution in [1.29, 1.82) is 0 Å². The lowest BCUT2D eigenvalue weighted by Gasteiger charge is -2.23. The molecule has 0 radical (unpaired) electrons. The molecule has 4 atom stereocenters. The van der Waals surface area contributed by atoms with Crippen LogP contribution in [0.5, 0.6) is 23.0 Å². The normalized spacial score (nSPS) is 19.6. The number of nitrogens with zero attached hydrogens (tertiary/aromatic N) is 4. The van der Waals surface area contributed by atoms with Crippen molar-refractivity contribution in [1.82, 2.24) is 9.80 Å². The number of esters is 2. The zero-order valence-corrected chi connectivity index (χ0v) is 28.0. The number of hydrogen-bond donors (Lipinski definition) is 2. The maximum Gasteiger partial charge on any atom is 0.328 e. The second-order valence-corrected chi connectivity index (χ2v) is 11.4. The van der Waals surface area contributed by atoms with Gasteiger partial charge < -0.3 is 48.4 Å². The Hall–Kier alpha value is -5.76. The van der Waals surface area contributed by atoms with E-state index < -0.39 is 80.4 Å². The highest BCUT2D eigenvalue weighted by Gasteiger charge is 2.43. The fourth-order valence-electron chi connectivity index (χ4n) is 5.82. The summed E-state index contributed by atoms with van der Waals surface area (Å²) in [6.45, 7) is -0.725. The van der Waals surface area contributed by atoms with Crippen LogP contribution in [-0.4, -0.2) is 133 Å². The van der Waals surface area contributed by atoms with Crippen LogP contribution >= 0.6 is 0 Å². The molecule has 2 heterocycles. The van der Waals surface area contributed by atoms with Crippen molar-refractivity contribution in [2.24, 2.45) is 0 Å². The Morgan fingerprint density at radius 3 is 1.37 bits per heavy atom. The highest BCUT2D eigenvalue weighted by atomic mass is 16.6. The van der Waals surface area contributed by atoms with Crippen LogP contribution in [-0.2, 0) is 19.1 Å². The van der Waals surface area contributed by atoms with Gasteiger partial charge >= 0.3 is 11.9 Å². The molecule has 0 spiro atoms. The molecule has 2 aliphatic rings. The molecule has 2 aromatic carbocycles. The standard InChI is InChI=1S/C31H36N4O16/c1-46-24-10-18(28(38)32-14-16(36)8-22(32)30(40)48-3)20(34(42)43)12-26(24)50-6-5-7-51-27-13-21(35(44)45)19(11-25(27)47-2)29(39)33-15-17(37)9-23(33)31(41)49-4/h10-13,16-17,22-23,36-37H,5-9,14-15H2,1-4H3/t16-,17-,22+,23+/m1/s1. The Kier molecular flexibility index (Phi) is 12.2. The molecular formula is C31H36N4O16. The number of aliphatic hydroxyl groups is 2. The van der Waals surface area contributed by atoms with E-state index in [0.29, 0.717) is 0 Å². The van der Waals surface area contributed by atoms with Gasteiger partial charge in [0.15, 0.2) is 23.0 Å². The molecule has 0 aliphatic carbocycles. The first kappa shape index (κ1) is 38.0. The summed E-state index contributed by atoms with van der Waals surface area (Å²) >= 11 is 0. The molecule has 20 nitrogen and oxygen atoms in total. The minimum absolute atomic E-state index is 0.0447. The average Bonchev–Trinajstić information content (AvgIpc) is 3.71. The summed E-state index contributed by atoms with van der Waals surface area (Å²) in [7, 11) is 4.72. The molecule has 2 aliphatic heterocycles. The smallest absolute Gasteiger partial charge is 0.328 e. The number of likely N-dealkylation sites (tertiary alicyclic amines) is 2. The number of nitro groups is 2. The second kappa shape index (κ2) is 16.3. The fraction of sp³-hybridized carbons (Fsp3) is 0.484. The van der Waals surface area contributed by atoms with E-state index >= 15 is 0 Å². The molecule has 2 aromatic rings. The third kappa shape index (κ3) is 8.18. The Bertz CT molecular complexity index is 1580. The van der Waals surface area contributed by atoms with Gasteiger partial charge in [0, 0.05) is 44.5 Å². The van der Waals surface area contributed by atoms with E-state index in [4.69, 9.17) is 28.4 Å². The molecule has 20 heteroatoms. The van der Waals surface area contributed by atoms with Gasteiger partial charge in [0.05, 0.1) is 75.8 Å². The van der Waals surface area contributed by atoms with E-state index in [1.165, 1.54) is 14.2 Å². The van der Waals surface area contributed by atoms with Crippen molar-refractivity contribution in [3.8, 4) is 23.0 Å². The number of benzene rings is 2. The van der Waals surface area contributed by atoms with Gasteiger partial charge in [0.25, 0.3) is 23.2 Å². The van der Waals surface area contributed by atoms with Gasteiger partial charge in [0.1, 0.15) is 23.2 Å². The Morgan fingerprint density at radius 2 is 1.06 bits per heavy atom. The van der Waals surface area contributed by atoms with E-state index in [0.717, 1.165) is 48.3 Å². The second-order valence-electron chi connectivity index (χ2n) is 11.4. The molecule has 2 N–H and O–H groups in total. The molecule has 4 rings (SSSR count). The summed E-state index contributed by atoms with van der Waals surface area (Å²) in [5.41, 5.74) is -2.11. The first-order valence-corrected chi connectivity index (χ1v) is 15.4. The third-order valence-electron chi connectivity index (χ3n) is 8.25. The van der Waals surface area contributed by atoms with Gasteiger partial charge in [-0.3, -0.25) is 29.8 Å². The Labute approximate surface area is 289 Å². The zero-order valence-electron chi connectivity index (χ0n) is 28.0. The SMILES string of the molecule is COC(=O)[C@@H]1C[C@@H](O)CN1C(=O)c1cc(OC)c(OCCCOc2cc([N+](=O)[O-])c(C(=O)N3C[C@H](O)C[C@H]3C(=O)OC)cc2OC)cc1[N+](=O)[O-]. The van der Waals surface area contributed by atoms with E-state index in [1.807, 2.05) is 0 Å². The predicted octanol–water partition coefficient (Wildman–Crippen LogP) is 0.865. The quantitative estimate of drug-likeness (QED) is 0.119. The minimum Gasteiger partial charge on any atom is -0.493 e. The lowest BCUT2D eigenvalue weighted by atomic mass is 10.1. The number of nitro benzene ring substituents is 2. The van der Waals surface area contributed by atoms with Crippen molar-refractivity contribution in [3.63, 3.8) is 0 Å². The largest absolute Gasteiger partial charge is 0.493 e. The molecule has 0 unspecified atom stereocenters. The molecule has 2 fully saturated rings. The maximum absolute atomic E-state index is 13.4. The summed E-state index contributed by atoms with van der Waals surface area (Å²) < 4.78 is 31.4. The highest BCUT2D eigenvalue weighted by molar-refractivity contribution is 6.02. The maximum atomic E-state index is 13.4. The van der Waals surface area contributed by atoms with Gasteiger partial charge in [-0.2, -0.15) is 0 Å². The van der Waals surface area contributed by atoms with Gasteiger partial charge in [-0.05, 0) is 0 Å². The van der Waals surface area contributed by atoms with Crippen LogP contribution in [0.2, 0.25) is 0 Å². The van der Waals surface area contributed by atoms with Crippen LogP contribution < -0.4 is 18.9 Å². The molecule has 0 aromatic heterocycles.